The quantitative estimate of drug-likeness (QED) is 0.134. The first-order valence-electron chi connectivity index (χ1n) is 13.7. The van der Waals surface area contributed by atoms with Gasteiger partial charge in [0.25, 0.3) is 0 Å². The molecule has 0 bridgehead atoms. The van der Waals surface area contributed by atoms with Crippen LogP contribution < -0.4 is 9.64 Å². The largest absolute Gasteiger partial charge is 0.494 e. The summed E-state index contributed by atoms with van der Waals surface area (Å²) >= 11 is 0. The number of hydrogen-bond donors (Lipinski definition) is 0. The maximum absolute atomic E-state index is 5.62. The third-order valence-corrected chi connectivity index (χ3v) is 6.28. The maximum atomic E-state index is 5.62. The van der Waals surface area contributed by atoms with Crippen molar-refractivity contribution in [1.82, 2.24) is 0 Å². The summed E-state index contributed by atoms with van der Waals surface area (Å²) in [6.45, 7) is 11.1. The molecule has 0 aromatic heterocycles. The summed E-state index contributed by atoms with van der Waals surface area (Å²) in [7, 11) is 0. The highest BCUT2D eigenvalue weighted by Gasteiger charge is 2.02. The van der Waals surface area contributed by atoms with Gasteiger partial charge in [0.05, 0.1) is 35.0 Å². The first kappa shape index (κ1) is 28.4. The Labute approximate surface area is 237 Å². The fourth-order valence-corrected chi connectivity index (χ4v) is 3.98. The average molecular weight is 533 g/mol. The zero-order valence-corrected chi connectivity index (χ0v) is 23.7. The number of hydrogen-bond acceptors (Lipinski definition) is 7. The Hall–Kier alpha value is -4.65. The van der Waals surface area contributed by atoms with Crippen LogP contribution in [0.1, 0.15) is 38.3 Å². The molecule has 0 radical (unpaired) electrons. The molecule has 0 amide bonds. The van der Waals surface area contributed by atoms with Crippen molar-refractivity contribution in [2.24, 2.45) is 25.4 Å². The first-order chi connectivity index (χ1) is 19.6. The molecule has 0 spiro atoms. The zero-order valence-electron chi connectivity index (χ0n) is 23.7. The van der Waals surface area contributed by atoms with Crippen molar-refractivity contribution < 1.29 is 4.74 Å². The van der Waals surface area contributed by atoms with Crippen LogP contribution in [0.4, 0.5) is 34.1 Å². The lowest BCUT2D eigenvalue weighted by atomic mass is 10.2. The molecule has 0 aliphatic carbocycles. The summed E-state index contributed by atoms with van der Waals surface area (Å²) in [6.07, 6.45) is 2.82. The highest BCUT2D eigenvalue weighted by atomic mass is 16.5. The Morgan fingerprint density at radius 2 is 1.23 bits per heavy atom. The Morgan fingerprint density at radius 1 is 0.650 bits per heavy atom. The van der Waals surface area contributed by atoms with Crippen LogP contribution in [0.15, 0.2) is 116 Å². The van der Waals surface area contributed by atoms with Gasteiger partial charge in [0.1, 0.15) is 5.75 Å². The maximum Gasteiger partial charge on any atom is 0.119 e. The number of ether oxygens (including phenoxy) is 1. The van der Waals surface area contributed by atoms with Crippen molar-refractivity contribution >= 4 is 40.3 Å². The normalized spacial score (nSPS) is 11.6. The molecule has 0 saturated carbocycles. The molecule has 7 heteroatoms. The molecule has 0 aliphatic rings. The van der Waals surface area contributed by atoms with Crippen LogP contribution in [0.5, 0.6) is 5.75 Å². The molecule has 0 atom stereocenters. The number of aryl methyl sites for hydroxylation is 1. The zero-order chi connectivity index (χ0) is 28.2. The second-order valence-electron chi connectivity index (χ2n) is 9.25. The van der Waals surface area contributed by atoms with Gasteiger partial charge in [0.2, 0.25) is 0 Å². The van der Waals surface area contributed by atoms with E-state index in [4.69, 9.17) is 4.74 Å². The van der Waals surface area contributed by atoms with E-state index < -0.39 is 0 Å². The number of aliphatic imine (C=N–C) groups is 1. The topological polar surface area (TPSA) is 74.3 Å². The lowest BCUT2D eigenvalue weighted by Crippen LogP contribution is -2.21. The monoisotopic (exact) mass is 532 g/mol. The van der Waals surface area contributed by atoms with Gasteiger partial charge in [-0.25, -0.2) is 0 Å². The van der Waals surface area contributed by atoms with Crippen molar-refractivity contribution in [2.45, 2.75) is 34.1 Å². The van der Waals surface area contributed by atoms with Crippen LogP contribution in [0.2, 0.25) is 0 Å². The molecular weight excluding hydrogens is 496 g/mol. The van der Waals surface area contributed by atoms with Crippen LogP contribution in [0.25, 0.3) is 0 Å². The second-order valence-corrected chi connectivity index (χ2v) is 9.25. The number of anilines is 1. The third kappa shape index (κ3) is 8.17. The van der Waals surface area contributed by atoms with Crippen molar-refractivity contribution in [1.29, 1.82) is 0 Å². The molecule has 0 saturated heterocycles. The standard InChI is InChI=1S/C33H36N6O/c1-5-22-40-32-19-14-27(15-20-32)34-24-26-8-10-28(11-9-26)36-38-33-21-16-30(23-25(33)4)37-35-29-12-17-31(18-13-29)39(6-2)7-3/h8-21,23-24H,5-7,22H2,1-4H3. The SMILES string of the molecule is CCCOc1ccc(N=Cc2ccc(N=Nc3ccc(N=Nc4ccc(N(CC)CC)cc4)cc3C)cc2)cc1. The van der Waals surface area contributed by atoms with E-state index >= 15 is 0 Å². The van der Waals surface area contributed by atoms with Crippen molar-refractivity contribution in [3.05, 3.63) is 102 Å². The lowest BCUT2D eigenvalue weighted by molar-refractivity contribution is 0.317. The highest BCUT2D eigenvalue weighted by molar-refractivity contribution is 5.82. The van der Waals surface area contributed by atoms with E-state index in [0.29, 0.717) is 0 Å². The molecule has 0 unspecified atom stereocenters. The Kier molecular flexibility index (Phi) is 10.3. The van der Waals surface area contributed by atoms with Gasteiger partial charge < -0.3 is 9.64 Å². The molecule has 0 aliphatic heterocycles. The van der Waals surface area contributed by atoms with Gasteiger partial charge in [0, 0.05) is 25.0 Å². The fourth-order valence-electron chi connectivity index (χ4n) is 3.98. The average Bonchev–Trinajstić information content (AvgIpc) is 3.00. The van der Waals surface area contributed by atoms with E-state index in [9.17, 15) is 0 Å². The van der Waals surface area contributed by atoms with Gasteiger partial charge in [-0.1, -0.05) is 19.1 Å². The minimum Gasteiger partial charge on any atom is -0.494 e. The lowest BCUT2D eigenvalue weighted by Gasteiger charge is -2.20. The van der Waals surface area contributed by atoms with Crippen LogP contribution in [0.3, 0.4) is 0 Å². The van der Waals surface area contributed by atoms with Gasteiger partial charge in [0.15, 0.2) is 0 Å². The van der Waals surface area contributed by atoms with E-state index in [2.05, 4.69) is 63.3 Å². The highest BCUT2D eigenvalue weighted by Crippen LogP contribution is 2.28. The van der Waals surface area contributed by atoms with E-state index in [-0.39, 0.29) is 0 Å². The number of nitrogens with zero attached hydrogens (tertiary/aromatic N) is 6. The van der Waals surface area contributed by atoms with Gasteiger partial charge >= 0.3 is 0 Å². The second kappa shape index (κ2) is 14.5. The summed E-state index contributed by atoms with van der Waals surface area (Å²) in [4.78, 5) is 6.84. The predicted octanol–water partition coefficient (Wildman–Crippen LogP) is 10.2. The number of benzene rings is 4. The fraction of sp³-hybridized carbons (Fsp3) is 0.242. The van der Waals surface area contributed by atoms with Gasteiger partial charge in [-0.2, -0.15) is 20.5 Å². The molecule has 7 nitrogen and oxygen atoms in total. The summed E-state index contributed by atoms with van der Waals surface area (Å²) in [5.74, 6) is 0.863. The number of rotatable bonds is 12. The van der Waals surface area contributed by atoms with Crippen molar-refractivity contribution in [3.63, 3.8) is 0 Å². The summed E-state index contributed by atoms with van der Waals surface area (Å²) in [5.41, 5.74) is 7.18. The summed E-state index contributed by atoms with van der Waals surface area (Å²) in [6, 6.07) is 29.5. The van der Waals surface area contributed by atoms with Gasteiger partial charge in [-0.3, -0.25) is 4.99 Å². The molecule has 0 heterocycles. The molecule has 204 valence electrons. The third-order valence-electron chi connectivity index (χ3n) is 6.28. The summed E-state index contributed by atoms with van der Waals surface area (Å²) in [5, 5.41) is 17.6. The molecule has 4 rings (SSSR count). The van der Waals surface area contributed by atoms with E-state index in [0.717, 1.165) is 71.4 Å². The van der Waals surface area contributed by atoms with E-state index in [1.165, 1.54) is 5.69 Å². The molecular formula is C33H36N6O. The summed E-state index contributed by atoms with van der Waals surface area (Å²) < 4.78 is 5.62. The first-order valence-corrected chi connectivity index (χ1v) is 13.7. The Bertz CT molecular complexity index is 1440. The molecule has 0 fully saturated rings. The minimum absolute atomic E-state index is 0.719. The molecule has 4 aromatic rings. The predicted molar refractivity (Wildman–Crippen MR) is 165 cm³/mol. The Morgan fingerprint density at radius 3 is 1.85 bits per heavy atom. The van der Waals surface area contributed by atoms with E-state index in [1.807, 2.05) is 92.0 Å². The van der Waals surface area contributed by atoms with Crippen LogP contribution in [0, 0.1) is 6.92 Å². The van der Waals surface area contributed by atoms with Crippen LogP contribution in [-0.4, -0.2) is 25.9 Å². The molecule has 40 heavy (non-hydrogen) atoms. The Balaban J connectivity index is 1.34. The smallest absolute Gasteiger partial charge is 0.119 e. The van der Waals surface area contributed by atoms with Crippen molar-refractivity contribution in [3.8, 4) is 5.75 Å². The van der Waals surface area contributed by atoms with Crippen molar-refractivity contribution in [2.75, 3.05) is 24.6 Å². The van der Waals surface area contributed by atoms with Gasteiger partial charge in [-0.05, 0) is 117 Å². The molecule has 0 N–H and O–H groups in total. The number of azo groups is 2. The van der Waals surface area contributed by atoms with Crippen LogP contribution >= 0.6 is 0 Å². The van der Waals surface area contributed by atoms with Crippen LogP contribution in [-0.2, 0) is 0 Å². The minimum atomic E-state index is 0.719. The molecule has 4 aromatic carbocycles. The van der Waals surface area contributed by atoms with Gasteiger partial charge in [-0.15, -0.1) is 0 Å². The van der Waals surface area contributed by atoms with E-state index in [1.54, 1.807) is 0 Å².